The molecule has 188 valence electrons. The second-order valence-electron chi connectivity index (χ2n) is 10.8. The molecule has 2 heterocycles. The number of carbonyl (C=O) groups excluding carboxylic acids is 2. The lowest BCUT2D eigenvalue weighted by atomic mass is 9.84. The van der Waals surface area contributed by atoms with E-state index in [1.54, 1.807) is 23.5 Å². The summed E-state index contributed by atoms with van der Waals surface area (Å²) in [6, 6.07) is 13.1. The number of piperidine rings is 1. The minimum absolute atomic E-state index is 0.0999. The van der Waals surface area contributed by atoms with Crippen molar-refractivity contribution in [2.24, 2.45) is 17.1 Å². The molecule has 2 amide bonds. The first-order chi connectivity index (χ1) is 17.3. The molecule has 0 bridgehead atoms. The number of hydrogen-bond acceptors (Lipinski definition) is 6. The van der Waals surface area contributed by atoms with Gasteiger partial charge in [-0.2, -0.15) is 0 Å². The van der Waals surface area contributed by atoms with E-state index in [1.165, 1.54) is 19.3 Å². The average Bonchev–Trinajstić information content (AvgIpc) is 3.55. The van der Waals surface area contributed by atoms with E-state index >= 15 is 0 Å². The summed E-state index contributed by atoms with van der Waals surface area (Å²) < 4.78 is 0. The zero-order valence-corrected chi connectivity index (χ0v) is 21.7. The highest BCUT2D eigenvalue weighted by atomic mass is 32.1. The molecule has 1 saturated heterocycles. The summed E-state index contributed by atoms with van der Waals surface area (Å²) in [6.07, 6.45) is 5.63. The third-order valence-electron chi connectivity index (χ3n) is 7.12. The summed E-state index contributed by atoms with van der Waals surface area (Å²) in [5.41, 5.74) is 9.91. The van der Waals surface area contributed by atoms with Crippen LogP contribution in [0, 0.1) is 11.3 Å². The predicted octanol–water partition coefficient (Wildman–Crippen LogP) is 4.81. The Morgan fingerprint density at radius 1 is 1.14 bits per heavy atom. The average molecular weight is 504 g/mol. The molecule has 0 unspecified atom stereocenters. The first kappa shape index (κ1) is 24.4. The van der Waals surface area contributed by atoms with Crippen LogP contribution in [0.3, 0.4) is 0 Å². The summed E-state index contributed by atoms with van der Waals surface area (Å²) in [7, 11) is 0. The zero-order valence-electron chi connectivity index (χ0n) is 20.9. The third-order valence-corrected chi connectivity index (χ3v) is 8.10. The van der Waals surface area contributed by atoms with Gasteiger partial charge in [-0.25, -0.2) is 0 Å². The lowest BCUT2D eigenvalue weighted by molar-refractivity contribution is 0.0948. The fourth-order valence-corrected chi connectivity index (χ4v) is 5.80. The molecule has 0 spiro atoms. The third kappa shape index (κ3) is 5.59. The fourth-order valence-electron chi connectivity index (χ4n) is 5.00. The monoisotopic (exact) mass is 503 g/mol. The summed E-state index contributed by atoms with van der Waals surface area (Å²) in [6.45, 7) is 6.92. The fraction of sp³-hybridized carbons (Fsp3) is 0.429. The molecule has 0 radical (unpaired) electrons. The van der Waals surface area contributed by atoms with Gasteiger partial charge < -0.3 is 16.0 Å². The molecular weight excluding hydrogens is 470 g/mol. The standard InChI is InChI=1S/C28H33N5O2S/c1-28(2)13-4-14-33(17-28)27-32-31-24(36-27)16-30-26(35)22-6-3-5-21(23(22)15-18-7-8-18)19-9-11-20(12-10-19)25(29)34/h3,5-6,9-12,18H,4,7-8,13-17H2,1-2H3,(H2,29,34)(H,30,35). The molecular formula is C28H33N5O2S. The van der Waals surface area contributed by atoms with Crippen molar-refractivity contribution in [1.29, 1.82) is 0 Å². The Hall–Kier alpha value is -3.26. The summed E-state index contributed by atoms with van der Waals surface area (Å²) in [5, 5.41) is 13.6. The van der Waals surface area contributed by atoms with Gasteiger partial charge in [-0.15, -0.1) is 10.2 Å². The van der Waals surface area contributed by atoms with Gasteiger partial charge in [-0.3, -0.25) is 9.59 Å². The van der Waals surface area contributed by atoms with Crippen LogP contribution in [0.1, 0.15) is 70.8 Å². The van der Waals surface area contributed by atoms with E-state index in [1.807, 2.05) is 30.3 Å². The van der Waals surface area contributed by atoms with Crippen LogP contribution in [-0.4, -0.2) is 35.1 Å². The van der Waals surface area contributed by atoms with Gasteiger partial charge in [0.25, 0.3) is 5.91 Å². The van der Waals surface area contributed by atoms with E-state index < -0.39 is 5.91 Å². The number of anilines is 1. The number of nitrogens with two attached hydrogens (primary N) is 1. The van der Waals surface area contributed by atoms with E-state index in [0.29, 0.717) is 23.6 Å². The molecule has 1 aliphatic heterocycles. The summed E-state index contributed by atoms with van der Waals surface area (Å²) in [4.78, 5) is 27.1. The maximum atomic E-state index is 13.3. The van der Waals surface area contributed by atoms with E-state index in [4.69, 9.17) is 5.73 Å². The van der Waals surface area contributed by atoms with E-state index in [9.17, 15) is 9.59 Å². The van der Waals surface area contributed by atoms with Crippen LogP contribution in [0.4, 0.5) is 5.13 Å². The molecule has 36 heavy (non-hydrogen) atoms. The molecule has 7 nitrogen and oxygen atoms in total. The van der Waals surface area contributed by atoms with Crippen LogP contribution in [-0.2, 0) is 13.0 Å². The number of aromatic nitrogens is 2. The molecule has 8 heteroatoms. The molecule has 2 aliphatic rings. The van der Waals surface area contributed by atoms with Crippen LogP contribution in [0.5, 0.6) is 0 Å². The Balaban J connectivity index is 1.32. The van der Waals surface area contributed by atoms with Gasteiger partial charge in [0.15, 0.2) is 0 Å². The highest BCUT2D eigenvalue weighted by Gasteiger charge is 2.29. The number of primary amides is 1. The van der Waals surface area contributed by atoms with E-state index in [-0.39, 0.29) is 11.3 Å². The van der Waals surface area contributed by atoms with Crippen LogP contribution < -0.4 is 16.0 Å². The normalized spacial score (nSPS) is 17.1. The van der Waals surface area contributed by atoms with E-state index in [0.717, 1.165) is 52.8 Å². The van der Waals surface area contributed by atoms with Crippen LogP contribution in [0.2, 0.25) is 0 Å². The molecule has 2 aromatic carbocycles. The van der Waals surface area contributed by atoms with E-state index in [2.05, 4.69) is 34.3 Å². The number of amides is 2. The van der Waals surface area contributed by atoms with Crippen molar-refractivity contribution in [2.75, 3.05) is 18.0 Å². The van der Waals surface area contributed by atoms with Crippen molar-refractivity contribution >= 4 is 28.3 Å². The molecule has 0 atom stereocenters. The number of nitrogens with zero attached hydrogens (tertiary/aromatic N) is 3. The minimum Gasteiger partial charge on any atom is -0.366 e. The van der Waals surface area contributed by atoms with Gasteiger partial charge in [0, 0.05) is 24.2 Å². The van der Waals surface area contributed by atoms with Gasteiger partial charge in [-0.05, 0) is 78.3 Å². The first-order valence-electron chi connectivity index (χ1n) is 12.7. The number of nitrogens with one attached hydrogen (secondary N) is 1. The quantitative estimate of drug-likeness (QED) is 0.459. The molecule has 3 aromatic rings. The number of carbonyl (C=O) groups is 2. The van der Waals surface area contributed by atoms with Gasteiger partial charge in [0.2, 0.25) is 11.0 Å². The van der Waals surface area contributed by atoms with Crippen molar-refractivity contribution in [3.05, 3.63) is 64.2 Å². The highest BCUT2D eigenvalue weighted by Crippen LogP contribution is 2.37. The lowest BCUT2D eigenvalue weighted by Gasteiger charge is -2.37. The Morgan fingerprint density at radius 2 is 1.92 bits per heavy atom. The van der Waals surface area contributed by atoms with Gasteiger partial charge in [0.05, 0.1) is 6.54 Å². The Kier molecular flexibility index (Phi) is 6.79. The Morgan fingerprint density at radius 3 is 2.61 bits per heavy atom. The number of hydrogen-bond donors (Lipinski definition) is 2. The summed E-state index contributed by atoms with van der Waals surface area (Å²) >= 11 is 1.56. The number of benzene rings is 2. The van der Waals surface area contributed by atoms with Crippen molar-refractivity contribution < 1.29 is 9.59 Å². The molecule has 1 saturated carbocycles. The molecule has 3 N–H and O–H groups in total. The minimum atomic E-state index is -0.447. The molecule has 5 rings (SSSR count). The first-order valence-corrected chi connectivity index (χ1v) is 13.5. The maximum Gasteiger partial charge on any atom is 0.251 e. The second kappa shape index (κ2) is 10.0. The topological polar surface area (TPSA) is 101 Å². The largest absolute Gasteiger partial charge is 0.366 e. The van der Waals surface area contributed by atoms with Crippen molar-refractivity contribution in [3.63, 3.8) is 0 Å². The predicted molar refractivity (Wildman–Crippen MR) is 143 cm³/mol. The van der Waals surface area contributed by atoms with Gasteiger partial charge in [0.1, 0.15) is 5.01 Å². The van der Waals surface area contributed by atoms with Crippen LogP contribution in [0.25, 0.3) is 11.1 Å². The highest BCUT2D eigenvalue weighted by molar-refractivity contribution is 7.15. The smallest absolute Gasteiger partial charge is 0.251 e. The number of rotatable bonds is 8. The van der Waals surface area contributed by atoms with Gasteiger partial charge >= 0.3 is 0 Å². The molecule has 1 aliphatic carbocycles. The molecule has 2 fully saturated rings. The second-order valence-corrected chi connectivity index (χ2v) is 11.8. The lowest BCUT2D eigenvalue weighted by Crippen LogP contribution is -2.40. The van der Waals surface area contributed by atoms with Gasteiger partial charge in [-0.1, -0.05) is 49.4 Å². The van der Waals surface area contributed by atoms with Crippen molar-refractivity contribution in [2.45, 2.75) is 52.5 Å². The van der Waals surface area contributed by atoms with Crippen LogP contribution in [0.15, 0.2) is 42.5 Å². The Labute approximate surface area is 216 Å². The summed E-state index contributed by atoms with van der Waals surface area (Å²) in [5.74, 6) is 0.0657. The molecule has 1 aromatic heterocycles. The van der Waals surface area contributed by atoms with Crippen molar-refractivity contribution in [3.8, 4) is 11.1 Å². The maximum absolute atomic E-state index is 13.3. The van der Waals surface area contributed by atoms with Crippen molar-refractivity contribution in [1.82, 2.24) is 15.5 Å². The zero-order chi connectivity index (χ0) is 25.3. The van der Waals surface area contributed by atoms with Crippen LogP contribution >= 0.6 is 11.3 Å². The SMILES string of the molecule is CC1(C)CCCN(c2nnc(CNC(=O)c3cccc(-c4ccc(C(N)=O)cc4)c3CC3CC3)s2)C1. The Bertz CT molecular complexity index is 1260.